The highest BCUT2D eigenvalue weighted by molar-refractivity contribution is 5.82. The van der Waals surface area contributed by atoms with E-state index in [2.05, 4.69) is 10.3 Å². The molecule has 1 aromatic heterocycles. The molecule has 3 rings (SSSR count). The molecule has 1 heterocycles. The lowest BCUT2D eigenvalue weighted by molar-refractivity contribution is 0.0528. The van der Waals surface area contributed by atoms with Crippen molar-refractivity contribution in [1.82, 2.24) is 14.9 Å². The Balaban J connectivity index is 2.09. The van der Waals surface area contributed by atoms with Crippen LogP contribution in [0.25, 0.3) is 16.6 Å². The van der Waals surface area contributed by atoms with Crippen LogP contribution in [0.1, 0.15) is 44.1 Å². The highest BCUT2D eigenvalue weighted by atomic mass is 19.3. The van der Waals surface area contributed by atoms with E-state index < -0.39 is 29.2 Å². The van der Waals surface area contributed by atoms with Crippen LogP contribution < -0.4 is 10.9 Å². The van der Waals surface area contributed by atoms with Gasteiger partial charge in [0.2, 0.25) is 0 Å². The Hall–Kier alpha value is -3.80. The number of hydrogen-bond acceptors (Lipinski definition) is 5. The highest BCUT2D eigenvalue weighted by Crippen LogP contribution is 2.25. The normalized spacial score (nSPS) is 11.4. The molecule has 0 bridgehead atoms. The predicted octanol–water partition coefficient (Wildman–Crippen LogP) is 4.26. The fourth-order valence-electron chi connectivity index (χ4n) is 3.22. The average Bonchev–Trinajstić information content (AvgIpc) is 2.72. The van der Waals surface area contributed by atoms with Crippen molar-refractivity contribution in [3.05, 3.63) is 69.8 Å². The number of ether oxygens (including phenoxy) is 1. The lowest BCUT2D eigenvalue weighted by Gasteiger charge is -2.20. The van der Waals surface area contributed by atoms with Crippen LogP contribution in [-0.4, -0.2) is 27.8 Å². The lowest BCUT2D eigenvalue weighted by atomic mass is 10.1. The summed E-state index contributed by atoms with van der Waals surface area (Å²) in [6, 6.07) is 12.3. The summed E-state index contributed by atoms with van der Waals surface area (Å²) in [6.45, 7) is 5.30. The molecule has 0 aliphatic carbocycles. The Morgan fingerprint density at radius 1 is 1.25 bits per heavy atom. The van der Waals surface area contributed by atoms with E-state index in [4.69, 9.17) is 4.74 Å². The first-order chi connectivity index (χ1) is 15.1. The lowest BCUT2D eigenvalue weighted by Crippen LogP contribution is -2.34. The molecule has 2 aromatic carbocycles. The van der Waals surface area contributed by atoms with Crippen LogP contribution >= 0.6 is 0 Å². The molecule has 0 unspecified atom stereocenters. The van der Waals surface area contributed by atoms with Gasteiger partial charge in [-0.25, -0.2) is 18.6 Å². The molecule has 0 radical (unpaired) electrons. The van der Waals surface area contributed by atoms with Crippen molar-refractivity contribution < 1.29 is 18.3 Å². The number of benzene rings is 2. The number of amides is 1. The first-order valence-corrected chi connectivity index (χ1v) is 9.91. The van der Waals surface area contributed by atoms with Crippen molar-refractivity contribution in [3.8, 4) is 11.8 Å². The van der Waals surface area contributed by atoms with Gasteiger partial charge in [-0.15, -0.1) is 0 Å². The highest BCUT2D eigenvalue weighted by Gasteiger charge is 2.20. The van der Waals surface area contributed by atoms with E-state index in [9.17, 15) is 23.6 Å². The van der Waals surface area contributed by atoms with Crippen LogP contribution in [0.2, 0.25) is 0 Å². The summed E-state index contributed by atoms with van der Waals surface area (Å²) >= 11 is 0. The molecule has 9 heteroatoms. The first-order valence-electron chi connectivity index (χ1n) is 9.91. The maximum absolute atomic E-state index is 13.6. The molecule has 0 saturated carbocycles. The summed E-state index contributed by atoms with van der Waals surface area (Å²) in [6.07, 6.45) is -3.36. The molecule has 166 valence electrons. The predicted molar refractivity (Wildman–Crippen MR) is 115 cm³/mol. The van der Waals surface area contributed by atoms with Crippen LogP contribution in [0.15, 0.2) is 47.3 Å². The minimum atomic E-state index is -2.85. The van der Waals surface area contributed by atoms with Crippen molar-refractivity contribution in [3.63, 3.8) is 0 Å². The van der Waals surface area contributed by atoms with Gasteiger partial charge in [0.25, 0.3) is 12.0 Å². The van der Waals surface area contributed by atoms with Gasteiger partial charge in [0.15, 0.2) is 0 Å². The molecule has 1 amide bonds. The third kappa shape index (κ3) is 5.09. The van der Waals surface area contributed by atoms with E-state index in [1.165, 1.54) is 28.8 Å². The van der Waals surface area contributed by atoms with Crippen molar-refractivity contribution in [1.29, 1.82) is 5.26 Å². The SMILES string of the molecule is CC(C)(C)OC(=O)NCCc1nc2cccc(C(F)F)c2c(=O)n1-c1cccc(C#N)c1. The van der Waals surface area contributed by atoms with Gasteiger partial charge >= 0.3 is 6.09 Å². The summed E-state index contributed by atoms with van der Waals surface area (Å²) in [5.41, 5.74) is -1.00. The zero-order valence-corrected chi connectivity index (χ0v) is 17.9. The minimum Gasteiger partial charge on any atom is -0.444 e. The zero-order valence-electron chi connectivity index (χ0n) is 17.9. The third-order valence-electron chi connectivity index (χ3n) is 4.48. The standard InChI is InChI=1S/C23H22F2N4O3/c1-23(2,3)32-22(31)27-11-10-18-28-17-9-5-8-16(20(24)25)19(17)21(30)29(18)15-7-4-6-14(12-15)13-26/h4-9,12,20H,10-11H2,1-3H3,(H,27,31). The largest absolute Gasteiger partial charge is 0.444 e. The number of carbonyl (C=O) groups excluding carboxylic acids is 1. The smallest absolute Gasteiger partial charge is 0.407 e. The Bertz CT molecular complexity index is 1260. The summed E-state index contributed by atoms with van der Waals surface area (Å²) in [5.74, 6) is 0.250. The number of halogens is 2. The summed E-state index contributed by atoms with van der Waals surface area (Å²) in [4.78, 5) is 29.7. The van der Waals surface area contributed by atoms with E-state index >= 15 is 0 Å². The first kappa shape index (κ1) is 22.9. The molecular formula is C23H22F2N4O3. The molecule has 0 saturated heterocycles. The van der Waals surface area contributed by atoms with Gasteiger partial charge in [-0.05, 0) is 45.0 Å². The van der Waals surface area contributed by atoms with Gasteiger partial charge in [-0.3, -0.25) is 9.36 Å². The molecule has 1 N–H and O–H groups in total. The Kier molecular flexibility index (Phi) is 6.53. The molecule has 0 aliphatic heterocycles. The fraction of sp³-hybridized carbons (Fsp3) is 0.304. The van der Waals surface area contributed by atoms with Gasteiger partial charge in [0.1, 0.15) is 11.4 Å². The zero-order chi connectivity index (χ0) is 23.5. The van der Waals surface area contributed by atoms with E-state index in [0.29, 0.717) is 11.3 Å². The third-order valence-corrected chi connectivity index (χ3v) is 4.48. The molecule has 7 nitrogen and oxygen atoms in total. The second kappa shape index (κ2) is 9.14. The quantitative estimate of drug-likeness (QED) is 0.639. The second-order valence-corrected chi connectivity index (χ2v) is 8.05. The monoisotopic (exact) mass is 440 g/mol. The maximum atomic E-state index is 13.6. The summed E-state index contributed by atoms with van der Waals surface area (Å²) < 4.78 is 33.6. The van der Waals surface area contributed by atoms with E-state index in [1.807, 2.05) is 6.07 Å². The number of rotatable bonds is 5. The fourth-order valence-corrected chi connectivity index (χ4v) is 3.22. The maximum Gasteiger partial charge on any atom is 0.407 e. The number of carbonyl (C=O) groups is 1. The molecule has 0 aliphatic rings. The Labute approximate surface area is 183 Å². The van der Waals surface area contributed by atoms with E-state index in [0.717, 1.165) is 0 Å². The van der Waals surface area contributed by atoms with Gasteiger partial charge in [-0.2, -0.15) is 5.26 Å². The number of nitrogens with one attached hydrogen (secondary N) is 1. The van der Waals surface area contributed by atoms with Crippen molar-refractivity contribution >= 4 is 17.0 Å². The molecule has 0 fully saturated rings. The summed E-state index contributed by atoms with van der Waals surface area (Å²) in [5, 5.41) is 11.6. The van der Waals surface area contributed by atoms with Gasteiger partial charge in [0.05, 0.1) is 28.2 Å². The van der Waals surface area contributed by atoms with Crippen LogP contribution in [-0.2, 0) is 11.2 Å². The number of alkyl carbamates (subject to hydrolysis) is 1. The summed E-state index contributed by atoms with van der Waals surface area (Å²) in [7, 11) is 0. The number of hydrogen-bond donors (Lipinski definition) is 1. The van der Waals surface area contributed by atoms with E-state index in [-0.39, 0.29) is 29.7 Å². The van der Waals surface area contributed by atoms with Crippen LogP contribution in [0.5, 0.6) is 0 Å². The van der Waals surface area contributed by atoms with Crippen molar-refractivity contribution in [2.75, 3.05) is 6.54 Å². The van der Waals surface area contributed by atoms with Crippen LogP contribution in [0.3, 0.4) is 0 Å². The molecule has 0 spiro atoms. The second-order valence-electron chi connectivity index (χ2n) is 8.05. The Morgan fingerprint density at radius 2 is 1.97 bits per heavy atom. The van der Waals surface area contributed by atoms with Crippen molar-refractivity contribution in [2.24, 2.45) is 0 Å². The number of aromatic nitrogens is 2. The van der Waals surface area contributed by atoms with Crippen LogP contribution in [0, 0.1) is 11.3 Å². The van der Waals surface area contributed by atoms with Crippen LogP contribution in [0.4, 0.5) is 13.6 Å². The molecule has 32 heavy (non-hydrogen) atoms. The molecule has 3 aromatic rings. The number of nitriles is 1. The topological polar surface area (TPSA) is 97.0 Å². The Morgan fingerprint density at radius 3 is 2.62 bits per heavy atom. The number of fused-ring (bicyclic) bond motifs is 1. The minimum absolute atomic E-state index is 0.0966. The average molecular weight is 440 g/mol. The molecule has 0 atom stereocenters. The number of alkyl halides is 2. The van der Waals surface area contributed by atoms with E-state index in [1.54, 1.807) is 39.0 Å². The van der Waals surface area contributed by atoms with Gasteiger partial charge in [0, 0.05) is 18.5 Å². The van der Waals surface area contributed by atoms with Gasteiger partial charge < -0.3 is 10.1 Å². The van der Waals surface area contributed by atoms with Crippen molar-refractivity contribution in [2.45, 2.75) is 39.2 Å². The number of nitrogens with zero attached hydrogens (tertiary/aromatic N) is 3. The van der Waals surface area contributed by atoms with Gasteiger partial charge in [-0.1, -0.05) is 18.2 Å². The molecular weight excluding hydrogens is 418 g/mol.